The van der Waals surface area contributed by atoms with Gasteiger partial charge in [-0.15, -0.1) is 4.91 Å². The van der Waals surface area contributed by atoms with E-state index in [1.165, 1.54) is 64.2 Å². The lowest BCUT2D eigenvalue weighted by Gasteiger charge is -2.06. The van der Waals surface area contributed by atoms with Crippen LogP contribution < -0.4 is 5.62 Å². The minimum absolute atomic E-state index is 0.707. The fourth-order valence-corrected chi connectivity index (χ4v) is 3.97. The number of nitrogens with zero attached hydrogens (tertiary/aromatic N) is 4. The number of rotatable bonds is 15. The fourth-order valence-electron chi connectivity index (χ4n) is 3.97. The van der Waals surface area contributed by atoms with Crippen molar-refractivity contribution in [2.45, 2.75) is 104 Å². The molecule has 28 heavy (non-hydrogen) atoms. The lowest BCUT2D eigenvalue weighted by molar-refractivity contribution is 0.518. The SMILES string of the molecule is CCCCCCCCn1c(=NN=O)n(CCCCCCCC)c2ccccc21. The van der Waals surface area contributed by atoms with Crippen LogP contribution in [0.2, 0.25) is 0 Å². The molecule has 2 rings (SSSR count). The lowest BCUT2D eigenvalue weighted by atomic mass is 10.1. The second-order valence-electron chi connectivity index (χ2n) is 7.81. The predicted octanol–water partition coefficient (Wildman–Crippen LogP) is 6.75. The van der Waals surface area contributed by atoms with Gasteiger partial charge >= 0.3 is 0 Å². The third kappa shape index (κ3) is 6.61. The average molecular weight is 387 g/mol. The van der Waals surface area contributed by atoms with Crippen molar-refractivity contribution in [2.75, 3.05) is 0 Å². The van der Waals surface area contributed by atoms with Gasteiger partial charge in [0.15, 0.2) is 0 Å². The van der Waals surface area contributed by atoms with Gasteiger partial charge in [-0.3, -0.25) is 0 Å². The molecular weight excluding hydrogens is 348 g/mol. The summed E-state index contributed by atoms with van der Waals surface area (Å²) in [5, 5.41) is 6.89. The van der Waals surface area contributed by atoms with Gasteiger partial charge < -0.3 is 9.13 Å². The van der Waals surface area contributed by atoms with Crippen molar-refractivity contribution in [2.24, 2.45) is 10.4 Å². The van der Waals surface area contributed by atoms with Crippen LogP contribution in [0, 0.1) is 4.91 Å². The van der Waals surface area contributed by atoms with E-state index in [1.54, 1.807) is 0 Å². The number of aromatic nitrogens is 2. The van der Waals surface area contributed by atoms with E-state index in [0.29, 0.717) is 5.62 Å². The van der Waals surface area contributed by atoms with Crippen LogP contribution in [0.15, 0.2) is 34.7 Å². The summed E-state index contributed by atoms with van der Waals surface area (Å²) in [6.45, 7) is 6.28. The molecular formula is C23H38N4O. The Morgan fingerprint density at radius 2 is 1.11 bits per heavy atom. The van der Waals surface area contributed by atoms with Crippen LogP contribution in [-0.2, 0) is 13.1 Å². The molecule has 0 atom stereocenters. The van der Waals surface area contributed by atoms with Gasteiger partial charge in [-0.25, -0.2) is 0 Å². The lowest BCUT2D eigenvalue weighted by Crippen LogP contribution is -2.26. The number of para-hydroxylation sites is 2. The summed E-state index contributed by atoms with van der Waals surface area (Å²) in [7, 11) is 0. The molecule has 1 aromatic heterocycles. The van der Waals surface area contributed by atoms with Crippen LogP contribution in [0.5, 0.6) is 0 Å². The summed E-state index contributed by atoms with van der Waals surface area (Å²) in [5.74, 6) is 0. The molecule has 0 fully saturated rings. The monoisotopic (exact) mass is 386 g/mol. The largest absolute Gasteiger partial charge is 0.309 e. The molecule has 0 aliphatic carbocycles. The summed E-state index contributed by atoms with van der Waals surface area (Å²) in [6, 6.07) is 8.39. The number of nitroso groups, excluding NO2 is 1. The van der Waals surface area contributed by atoms with Crippen molar-refractivity contribution < 1.29 is 0 Å². The molecule has 0 aliphatic heterocycles. The van der Waals surface area contributed by atoms with E-state index >= 15 is 0 Å². The van der Waals surface area contributed by atoms with Crippen LogP contribution in [0.4, 0.5) is 0 Å². The highest BCUT2D eigenvalue weighted by Crippen LogP contribution is 2.16. The third-order valence-electron chi connectivity index (χ3n) is 5.55. The summed E-state index contributed by atoms with van der Waals surface area (Å²) in [6.07, 6.45) is 15.0. The molecule has 5 nitrogen and oxygen atoms in total. The number of hydrogen-bond acceptors (Lipinski definition) is 2. The molecule has 0 saturated carbocycles. The van der Waals surface area contributed by atoms with E-state index in [4.69, 9.17) is 0 Å². The van der Waals surface area contributed by atoms with Crippen molar-refractivity contribution in [3.8, 4) is 0 Å². The Kier molecular flexibility index (Phi) is 10.6. The number of aryl methyl sites for hydroxylation is 2. The molecule has 0 radical (unpaired) electrons. The number of unbranched alkanes of at least 4 members (excludes halogenated alkanes) is 10. The molecule has 0 aliphatic rings. The van der Waals surface area contributed by atoms with Gasteiger partial charge in [0.2, 0.25) is 5.62 Å². The normalized spacial score (nSPS) is 11.2. The summed E-state index contributed by atoms with van der Waals surface area (Å²) in [5.41, 5.74) is 3.02. The average Bonchev–Trinajstić information content (AvgIpc) is 3.00. The first-order valence-electron chi connectivity index (χ1n) is 11.4. The van der Waals surface area contributed by atoms with Gasteiger partial charge in [0.05, 0.1) is 16.3 Å². The summed E-state index contributed by atoms with van der Waals surface area (Å²) < 4.78 is 4.38. The molecule has 0 amide bonds. The molecule has 0 spiro atoms. The quantitative estimate of drug-likeness (QED) is 0.190. The smallest absolute Gasteiger partial charge is 0.234 e. The maximum Gasteiger partial charge on any atom is 0.234 e. The summed E-state index contributed by atoms with van der Waals surface area (Å²) in [4.78, 5) is 11.0. The molecule has 0 N–H and O–H groups in total. The molecule has 1 aromatic carbocycles. The Morgan fingerprint density at radius 3 is 1.54 bits per heavy atom. The second kappa shape index (κ2) is 13.3. The second-order valence-corrected chi connectivity index (χ2v) is 7.81. The number of imidazole rings is 1. The third-order valence-corrected chi connectivity index (χ3v) is 5.55. The van der Waals surface area contributed by atoms with E-state index in [9.17, 15) is 4.91 Å². The fraction of sp³-hybridized carbons (Fsp3) is 0.696. The van der Waals surface area contributed by atoms with Gasteiger partial charge in [0.25, 0.3) is 0 Å². The zero-order valence-electron chi connectivity index (χ0n) is 17.9. The first-order chi connectivity index (χ1) is 13.8. The Hall–Kier alpha value is -1.91. The van der Waals surface area contributed by atoms with Crippen molar-refractivity contribution in [1.29, 1.82) is 0 Å². The minimum Gasteiger partial charge on any atom is -0.309 e. The van der Waals surface area contributed by atoms with Crippen LogP contribution >= 0.6 is 0 Å². The van der Waals surface area contributed by atoms with Gasteiger partial charge in [-0.1, -0.05) is 95.3 Å². The minimum atomic E-state index is 0.707. The Morgan fingerprint density at radius 1 is 0.679 bits per heavy atom. The van der Waals surface area contributed by atoms with E-state index in [2.05, 4.69) is 57.6 Å². The predicted molar refractivity (Wildman–Crippen MR) is 118 cm³/mol. The maximum atomic E-state index is 11.0. The van der Waals surface area contributed by atoms with Gasteiger partial charge in [-0.2, -0.15) is 0 Å². The number of fused-ring (bicyclic) bond motifs is 1. The van der Waals surface area contributed by atoms with Crippen molar-refractivity contribution >= 4 is 11.0 Å². The van der Waals surface area contributed by atoms with E-state index in [-0.39, 0.29) is 0 Å². The highest BCUT2D eigenvalue weighted by molar-refractivity contribution is 5.75. The van der Waals surface area contributed by atoms with Crippen LogP contribution in [-0.4, -0.2) is 9.13 Å². The van der Waals surface area contributed by atoms with Crippen LogP contribution in [0.25, 0.3) is 11.0 Å². The molecule has 1 heterocycles. The van der Waals surface area contributed by atoms with Gasteiger partial charge in [0, 0.05) is 13.1 Å². The molecule has 0 saturated heterocycles. The molecule has 156 valence electrons. The maximum absolute atomic E-state index is 11.0. The van der Waals surface area contributed by atoms with Gasteiger partial charge in [0.1, 0.15) is 0 Å². The highest BCUT2D eigenvalue weighted by atomic mass is 16.3. The zero-order chi connectivity index (χ0) is 20.0. The van der Waals surface area contributed by atoms with Gasteiger partial charge in [-0.05, 0) is 25.0 Å². The molecule has 0 unspecified atom stereocenters. The van der Waals surface area contributed by atoms with Crippen molar-refractivity contribution in [3.63, 3.8) is 0 Å². The number of benzene rings is 1. The molecule has 5 heteroatoms. The zero-order valence-corrected chi connectivity index (χ0v) is 17.9. The number of hydrogen-bond donors (Lipinski definition) is 0. The standard InChI is InChI=1S/C23H38N4O/c1-3-5-7-9-11-15-19-26-21-17-13-14-18-22(21)27(23(26)24-25-28)20-16-12-10-8-6-4-2/h13-14,17-18H,3-12,15-16,19-20H2,1-2H3. The van der Waals surface area contributed by atoms with Crippen molar-refractivity contribution in [3.05, 3.63) is 34.8 Å². The Bertz CT molecular complexity index is 704. The molecule has 2 aromatic rings. The Balaban J connectivity index is 2.11. The first-order valence-corrected chi connectivity index (χ1v) is 11.4. The van der Waals surface area contributed by atoms with E-state index in [0.717, 1.165) is 37.0 Å². The van der Waals surface area contributed by atoms with Crippen LogP contribution in [0.1, 0.15) is 90.9 Å². The van der Waals surface area contributed by atoms with E-state index in [1.807, 2.05) is 0 Å². The summed E-state index contributed by atoms with van der Waals surface area (Å²) >= 11 is 0. The topological polar surface area (TPSA) is 51.6 Å². The first kappa shape index (κ1) is 22.4. The van der Waals surface area contributed by atoms with E-state index < -0.39 is 0 Å². The highest BCUT2D eigenvalue weighted by Gasteiger charge is 2.11. The Labute approximate surface area is 169 Å². The van der Waals surface area contributed by atoms with Crippen LogP contribution in [0.3, 0.4) is 0 Å². The molecule has 0 bridgehead atoms. The van der Waals surface area contributed by atoms with Crippen molar-refractivity contribution in [1.82, 2.24) is 9.13 Å².